The number of fused-ring (bicyclic) bond motifs is 1. The van der Waals surface area contributed by atoms with Crippen LogP contribution in [0.5, 0.6) is 0 Å². The maximum absolute atomic E-state index is 13.2. The Morgan fingerprint density at radius 1 is 1.24 bits per heavy atom. The largest absolute Gasteiger partial charge is 0.381 e. The Morgan fingerprint density at radius 3 is 2.69 bits per heavy atom. The Kier molecular flexibility index (Phi) is 7.45. The number of hydrogen-bond acceptors (Lipinski definition) is 5. The number of sulfonamides is 1. The lowest BCUT2D eigenvalue weighted by atomic mass is 9.95. The van der Waals surface area contributed by atoms with Crippen LogP contribution in [0.1, 0.15) is 31.4 Å². The second kappa shape index (κ2) is 9.84. The van der Waals surface area contributed by atoms with Crippen molar-refractivity contribution in [2.45, 2.75) is 43.5 Å². The molecule has 6 nitrogen and oxygen atoms in total. The molecular weight excluding hydrogens is 408 g/mol. The molecule has 0 radical (unpaired) electrons. The molecule has 3 rings (SSSR count). The van der Waals surface area contributed by atoms with Gasteiger partial charge in [0.25, 0.3) is 10.0 Å². The van der Waals surface area contributed by atoms with E-state index in [-0.39, 0.29) is 16.7 Å². The van der Waals surface area contributed by atoms with Crippen molar-refractivity contribution < 1.29 is 17.9 Å². The van der Waals surface area contributed by atoms with E-state index in [0.29, 0.717) is 38.5 Å². The zero-order valence-electron chi connectivity index (χ0n) is 16.8. The van der Waals surface area contributed by atoms with Crippen molar-refractivity contribution in [1.82, 2.24) is 9.62 Å². The van der Waals surface area contributed by atoms with Gasteiger partial charge in [-0.2, -0.15) is 4.31 Å². The summed E-state index contributed by atoms with van der Waals surface area (Å²) in [5.74, 6) is 0.214. The molecule has 29 heavy (non-hydrogen) atoms. The number of thiophene rings is 1. The molecule has 2 heterocycles. The van der Waals surface area contributed by atoms with Gasteiger partial charge in [0.05, 0.1) is 0 Å². The number of benzene rings is 1. The van der Waals surface area contributed by atoms with Gasteiger partial charge in [-0.15, -0.1) is 11.3 Å². The van der Waals surface area contributed by atoms with Crippen LogP contribution in [0.4, 0.5) is 0 Å². The molecule has 1 aromatic carbocycles. The third-order valence-electron chi connectivity index (χ3n) is 4.78. The van der Waals surface area contributed by atoms with E-state index in [1.165, 1.54) is 15.6 Å². The minimum absolute atomic E-state index is 0.200. The molecule has 1 aromatic heterocycles. The summed E-state index contributed by atoms with van der Waals surface area (Å²) in [5, 5.41) is 4.63. The van der Waals surface area contributed by atoms with Gasteiger partial charge in [0.2, 0.25) is 5.91 Å². The average Bonchev–Trinajstić information content (AvgIpc) is 3.25. The summed E-state index contributed by atoms with van der Waals surface area (Å²) in [6.45, 7) is 6.11. The Hall–Kier alpha value is -1.74. The van der Waals surface area contributed by atoms with Gasteiger partial charge in [-0.1, -0.05) is 44.2 Å². The standard InChI is InChI=1S/C21H28N2O4S2/c1-16(2)15-27-11-6-10-22-21(24)19-13-17-7-3-4-8-18(17)14-23(19)29(25,26)20-9-5-12-28-20/h3-5,7-9,12,16,19H,6,10-11,13-15H2,1-2H3,(H,22,24). The van der Waals surface area contributed by atoms with Crippen LogP contribution < -0.4 is 5.32 Å². The van der Waals surface area contributed by atoms with Crippen molar-refractivity contribution in [3.05, 3.63) is 52.9 Å². The summed E-state index contributed by atoms with van der Waals surface area (Å²) < 4.78 is 33.5. The fourth-order valence-corrected chi connectivity index (χ4v) is 6.01. The van der Waals surface area contributed by atoms with Crippen LogP contribution in [0.2, 0.25) is 0 Å². The van der Waals surface area contributed by atoms with Crippen molar-refractivity contribution in [1.29, 1.82) is 0 Å². The van der Waals surface area contributed by atoms with Gasteiger partial charge in [-0.25, -0.2) is 8.42 Å². The van der Waals surface area contributed by atoms with Crippen LogP contribution >= 0.6 is 11.3 Å². The first-order valence-corrected chi connectivity index (χ1v) is 12.2. The summed E-state index contributed by atoms with van der Waals surface area (Å²) in [6, 6.07) is 10.2. The van der Waals surface area contributed by atoms with E-state index in [1.807, 2.05) is 24.3 Å². The third-order valence-corrected chi connectivity index (χ3v) is 8.01. The highest BCUT2D eigenvalue weighted by Gasteiger charge is 2.39. The molecule has 1 amide bonds. The lowest BCUT2D eigenvalue weighted by Gasteiger charge is -2.34. The maximum Gasteiger partial charge on any atom is 0.253 e. The normalized spacial score (nSPS) is 17.3. The van der Waals surface area contributed by atoms with E-state index in [1.54, 1.807) is 17.5 Å². The highest BCUT2D eigenvalue weighted by Crippen LogP contribution is 2.30. The van der Waals surface area contributed by atoms with Crippen LogP contribution in [0.3, 0.4) is 0 Å². The number of carbonyl (C=O) groups excluding carboxylic acids is 1. The second-order valence-electron chi connectivity index (χ2n) is 7.58. The first-order valence-electron chi connectivity index (χ1n) is 9.87. The van der Waals surface area contributed by atoms with Crippen LogP contribution in [0.25, 0.3) is 0 Å². The van der Waals surface area contributed by atoms with Crippen LogP contribution in [0.15, 0.2) is 46.0 Å². The van der Waals surface area contributed by atoms with Crippen molar-refractivity contribution in [3.8, 4) is 0 Å². The molecule has 0 bridgehead atoms. The quantitative estimate of drug-likeness (QED) is 0.613. The predicted molar refractivity (Wildman–Crippen MR) is 114 cm³/mol. The molecule has 0 aliphatic carbocycles. The minimum Gasteiger partial charge on any atom is -0.381 e. The van der Waals surface area contributed by atoms with Gasteiger partial charge in [-0.3, -0.25) is 4.79 Å². The fourth-order valence-electron chi connectivity index (χ4n) is 3.32. The molecule has 0 saturated carbocycles. The van der Waals surface area contributed by atoms with E-state index in [9.17, 15) is 13.2 Å². The smallest absolute Gasteiger partial charge is 0.253 e. The van der Waals surface area contributed by atoms with Gasteiger partial charge < -0.3 is 10.1 Å². The van der Waals surface area contributed by atoms with Gasteiger partial charge in [0, 0.05) is 26.3 Å². The number of carbonyl (C=O) groups is 1. The molecule has 1 atom stereocenters. The average molecular weight is 437 g/mol. The maximum atomic E-state index is 13.2. The number of ether oxygens (including phenoxy) is 1. The summed E-state index contributed by atoms with van der Waals surface area (Å²) in [4.78, 5) is 12.9. The summed E-state index contributed by atoms with van der Waals surface area (Å²) >= 11 is 1.17. The van der Waals surface area contributed by atoms with Crippen molar-refractivity contribution in [2.75, 3.05) is 19.8 Å². The van der Waals surface area contributed by atoms with Gasteiger partial charge >= 0.3 is 0 Å². The van der Waals surface area contributed by atoms with Gasteiger partial charge in [0.15, 0.2) is 0 Å². The third kappa shape index (κ3) is 5.45. The van der Waals surface area contributed by atoms with Gasteiger partial charge in [0.1, 0.15) is 10.3 Å². The van der Waals surface area contributed by atoms with Crippen molar-refractivity contribution >= 4 is 27.3 Å². The number of amides is 1. The topological polar surface area (TPSA) is 75.7 Å². The Bertz CT molecular complexity index is 911. The predicted octanol–water partition coefficient (Wildman–Crippen LogP) is 3.04. The van der Waals surface area contributed by atoms with Crippen LogP contribution in [-0.2, 0) is 32.5 Å². The molecular formula is C21H28N2O4S2. The molecule has 8 heteroatoms. The number of rotatable bonds is 9. The van der Waals surface area contributed by atoms with E-state index in [0.717, 1.165) is 11.1 Å². The molecule has 1 unspecified atom stereocenters. The Balaban J connectivity index is 1.71. The minimum atomic E-state index is -3.74. The van der Waals surface area contributed by atoms with Gasteiger partial charge in [-0.05, 0) is 41.3 Å². The molecule has 1 aliphatic heterocycles. The van der Waals surface area contributed by atoms with Crippen LogP contribution in [0, 0.1) is 5.92 Å². The molecule has 2 aromatic rings. The van der Waals surface area contributed by atoms with E-state index in [4.69, 9.17) is 4.74 Å². The zero-order chi connectivity index (χ0) is 20.9. The van der Waals surface area contributed by atoms with E-state index in [2.05, 4.69) is 19.2 Å². The molecule has 0 saturated heterocycles. The second-order valence-corrected chi connectivity index (χ2v) is 10.6. The molecule has 0 fully saturated rings. The monoisotopic (exact) mass is 436 g/mol. The molecule has 1 aliphatic rings. The molecule has 1 N–H and O–H groups in total. The highest BCUT2D eigenvalue weighted by atomic mass is 32.2. The summed E-state index contributed by atoms with van der Waals surface area (Å²) in [6.07, 6.45) is 1.07. The fraction of sp³-hybridized carbons (Fsp3) is 0.476. The first kappa shape index (κ1) is 22.0. The first-order chi connectivity index (χ1) is 13.9. The Morgan fingerprint density at radius 2 is 2.00 bits per heavy atom. The molecule has 0 spiro atoms. The number of nitrogens with zero attached hydrogens (tertiary/aromatic N) is 1. The van der Waals surface area contributed by atoms with Crippen molar-refractivity contribution in [3.63, 3.8) is 0 Å². The lowest BCUT2D eigenvalue weighted by molar-refractivity contribution is -0.125. The van der Waals surface area contributed by atoms with Crippen LogP contribution in [-0.4, -0.2) is 44.4 Å². The highest BCUT2D eigenvalue weighted by molar-refractivity contribution is 7.91. The Labute approximate surface area is 176 Å². The summed E-state index contributed by atoms with van der Waals surface area (Å²) in [7, 11) is -3.74. The number of hydrogen-bond donors (Lipinski definition) is 1. The molecule has 158 valence electrons. The lowest BCUT2D eigenvalue weighted by Crippen LogP contribution is -2.52. The zero-order valence-corrected chi connectivity index (χ0v) is 18.5. The van der Waals surface area contributed by atoms with E-state index >= 15 is 0 Å². The van der Waals surface area contributed by atoms with Crippen molar-refractivity contribution in [2.24, 2.45) is 5.92 Å². The SMILES string of the molecule is CC(C)COCCCNC(=O)C1Cc2ccccc2CN1S(=O)(=O)c1cccs1. The van der Waals surface area contributed by atoms with E-state index < -0.39 is 16.1 Å². The summed E-state index contributed by atoms with van der Waals surface area (Å²) in [5.41, 5.74) is 1.96. The number of nitrogens with one attached hydrogen (secondary N) is 1.